The molecule has 0 aromatic heterocycles. The van der Waals surface area contributed by atoms with Gasteiger partial charge in [-0.1, -0.05) is 6.92 Å². The van der Waals surface area contributed by atoms with Gasteiger partial charge in [0.15, 0.2) is 6.29 Å². The third-order valence-corrected chi connectivity index (χ3v) is 0.674. The third kappa shape index (κ3) is 3.05. The van der Waals surface area contributed by atoms with Crippen LogP contribution in [0.1, 0.15) is 13.3 Å². The molecule has 0 aromatic rings. The van der Waals surface area contributed by atoms with E-state index in [1.807, 2.05) is 6.92 Å². The van der Waals surface area contributed by atoms with Crippen molar-refractivity contribution < 1.29 is 4.79 Å². The van der Waals surface area contributed by atoms with Crippen LogP contribution in [0.5, 0.6) is 0 Å². The Balaban J connectivity index is 3.21. The summed E-state index contributed by atoms with van der Waals surface area (Å²) in [6, 6.07) is 0. The van der Waals surface area contributed by atoms with Gasteiger partial charge < -0.3 is 0 Å². The lowest BCUT2D eigenvalue weighted by atomic mass is 10.1. The van der Waals surface area contributed by atoms with E-state index in [4.69, 9.17) is 6.42 Å². The fourth-order valence-electron chi connectivity index (χ4n) is 0.184. The Kier molecular flexibility index (Phi) is 3.04. The van der Waals surface area contributed by atoms with Gasteiger partial charge >= 0.3 is 0 Å². The number of hydrogen-bond acceptors (Lipinski definition) is 1. The fraction of sp³-hybridized carbons (Fsp3) is 0.500. The molecule has 0 aliphatic heterocycles. The maximum atomic E-state index is 9.55. The molecule has 0 N–H and O–H groups in total. The Labute approximate surface area is 43.7 Å². The van der Waals surface area contributed by atoms with E-state index < -0.39 is 0 Å². The van der Waals surface area contributed by atoms with Crippen molar-refractivity contribution in [1.82, 2.24) is 0 Å². The number of hydrogen-bond donors (Lipinski definition) is 0. The lowest BCUT2D eigenvalue weighted by Gasteiger charge is -1.89. The zero-order valence-electron chi connectivity index (χ0n) is 4.27. The van der Waals surface area contributed by atoms with E-state index in [2.05, 4.69) is 5.92 Å². The molecule has 0 aromatic carbocycles. The van der Waals surface area contributed by atoms with Gasteiger partial charge in [-0.15, -0.1) is 12.3 Å². The Morgan fingerprint density at radius 3 is 2.57 bits per heavy atom. The number of terminal acetylenes is 1. The smallest absolute Gasteiger partial charge is 0.199 e. The summed E-state index contributed by atoms with van der Waals surface area (Å²) >= 11 is 0. The highest BCUT2D eigenvalue weighted by Crippen LogP contribution is 1.93. The molecular weight excluding hydrogens is 88.1 g/mol. The average molecular weight is 95.1 g/mol. The molecule has 0 heterocycles. The molecule has 0 rings (SSSR count). The molecule has 0 fully saturated rings. The summed E-state index contributed by atoms with van der Waals surface area (Å²) in [7, 11) is 0. The first-order valence-corrected chi connectivity index (χ1v) is 2.12. The zero-order chi connectivity index (χ0) is 5.70. The first-order valence-electron chi connectivity index (χ1n) is 2.12. The van der Waals surface area contributed by atoms with Crippen LogP contribution in [-0.2, 0) is 4.79 Å². The zero-order valence-corrected chi connectivity index (χ0v) is 4.27. The predicted octanol–water partition coefficient (Wildman–Crippen LogP) is 0.755. The summed E-state index contributed by atoms with van der Waals surface area (Å²) in [5, 5.41) is 0. The highest BCUT2D eigenvalue weighted by atomic mass is 16.1. The van der Waals surface area contributed by atoms with E-state index in [0.717, 1.165) is 0 Å². The van der Waals surface area contributed by atoms with Crippen LogP contribution in [0.2, 0.25) is 0 Å². The molecule has 1 radical (unpaired) electrons. The highest BCUT2D eigenvalue weighted by Gasteiger charge is 1.91. The molecule has 0 spiro atoms. The minimum Gasteiger partial charge on any atom is -0.291 e. The Morgan fingerprint density at radius 2 is 2.43 bits per heavy atom. The molecule has 1 unspecified atom stereocenters. The lowest BCUT2D eigenvalue weighted by molar-refractivity contribution is 0.544. The van der Waals surface area contributed by atoms with E-state index in [0.29, 0.717) is 6.42 Å². The van der Waals surface area contributed by atoms with Crippen LogP contribution in [0.25, 0.3) is 0 Å². The van der Waals surface area contributed by atoms with Gasteiger partial charge in [-0.2, -0.15) is 0 Å². The van der Waals surface area contributed by atoms with Crippen molar-refractivity contribution in [3.8, 4) is 12.3 Å². The molecule has 37 valence electrons. The minimum absolute atomic E-state index is 0.0532. The third-order valence-electron chi connectivity index (χ3n) is 0.674. The molecule has 0 saturated heterocycles. The van der Waals surface area contributed by atoms with Crippen molar-refractivity contribution in [2.45, 2.75) is 13.3 Å². The average Bonchev–Trinajstić information content (AvgIpc) is 1.68. The maximum absolute atomic E-state index is 9.55. The van der Waals surface area contributed by atoms with Crippen molar-refractivity contribution in [3.05, 3.63) is 0 Å². The normalized spacial score (nSPS) is 12.0. The van der Waals surface area contributed by atoms with Crippen LogP contribution >= 0.6 is 0 Å². The molecule has 0 saturated carbocycles. The topological polar surface area (TPSA) is 17.1 Å². The van der Waals surface area contributed by atoms with Gasteiger partial charge in [0, 0.05) is 12.3 Å². The molecule has 1 atom stereocenters. The molecular formula is C6H7O. The van der Waals surface area contributed by atoms with Crippen molar-refractivity contribution in [2.75, 3.05) is 0 Å². The van der Waals surface area contributed by atoms with E-state index in [-0.39, 0.29) is 5.92 Å². The van der Waals surface area contributed by atoms with Gasteiger partial charge in [-0.05, 0) is 0 Å². The summed E-state index contributed by atoms with van der Waals surface area (Å²) in [5.41, 5.74) is 0. The van der Waals surface area contributed by atoms with E-state index in [1.165, 1.54) is 0 Å². The SMILES string of the molecule is C#CC(C)C[C]=O. The molecule has 1 heteroatoms. The lowest BCUT2D eigenvalue weighted by Crippen LogP contribution is -1.88. The molecule has 0 aliphatic carbocycles. The van der Waals surface area contributed by atoms with Crippen molar-refractivity contribution in [3.63, 3.8) is 0 Å². The molecule has 0 amide bonds. The molecule has 0 aliphatic rings. The van der Waals surface area contributed by atoms with E-state index in [9.17, 15) is 4.79 Å². The number of carbonyl (C=O) groups excluding carboxylic acids is 1. The second-order valence-corrected chi connectivity index (χ2v) is 1.42. The van der Waals surface area contributed by atoms with E-state index >= 15 is 0 Å². The monoisotopic (exact) mass is 95.0 g/mol. The first kappa shape index (κ1) is 6.23. The van der Waals surface area contributed by atoms with Gasteiger partial charge in [0.05, 0.1) is 0 Å². The highest BCUT2D eigenvalue weighted by molar-refractivity contribution is 5.51. The Hall–Kier alpha value is -0.770. The summed E-state index contributed by atoms with van der Waals surface area (Å²) in [4.78, 5) is 9.55. The maximum Gasteiger partial charge on any atom is 0.199 e. The summed E-state index contributed by atoms with van der Waals surface area (Å²) in [5.74, 6) is 2.46. The second-order valence-electron chi connectivity index (χ2n) is 1.42. The molecule has 7 heavy (non-hydrogen) atoms. The van der Waals surface area contributed by atoms with Gasteiger partial charge in [-0.25, -0.2) is 0 Å². The van der Waals surface area contributed by atoms with Gasteiger partial charge in [0.2, 0.25) is 0 Å². The first-order chi connectivity index (χ1) is 3.31. The largest absolute Gasteiger partial charge is 0.291 e. The van der Waals surface area contributed by atoms with Crippen LogP contribution < -0.4 is 0 Å². The fourth-order valence-corrected chi connectivity index (χ4v) is 0.184. The quantitative estimate of drug-likeness (QED) is 0.463. The molecule has 0 bridgehead atoms. The summed E-state index contributed by atoms with van der Waals surface area (Å²) < 4.78 is 0. The van der Waals surface area contributed by atoms with Crippen molar-refractivity contribution >= 4 is 6.29 Å². The van der Waals surface area contributed by atoms with Crippen LogP contribution in [0, 0.1) is 18.3 Å². The predicted molar refractivity (Wildman–Crippen MR) is 28.3 cm³/mol. The van der Waals surface area contributed by atoms with Gasteiger partial charge in [0.1, 0.15) is 0 Å². The van der Waals surface area contributed by atoms with Gasteiger partial charge in [-0.3, -0.25) is 4.79 Å². The van der Waals surface area contributed by atoms with Crippen molar-refractivity contribution in [2.24, 2.45) is 5.92 Å². The second kappa shape index (κ2) is 3.42. The van der Waals surface area contributed by atoms with E-state index in [1.54, 1.807) is 6.29 Å². The van der Waals surface area contributed by atoms with Crippen LogP contribution in [-0.4, -0.2) is 6.29 Å². The van der Waals surface area contributed by atoms with Crippen LogP contribution in [0.15, 0.2) is 0 Å². The summed E-state index contributed by atoms with van der Waals surface area (Å²) in [6.07, 6.45) is 7.01. The van der Waals surface area contributed by atoms with Gasteiger partial charge in [0.25, 0.3) is 0 Å². The molecule has 1 nitrogen and oxygen atoms in total. The Morgan fingerprint density at radius 1 is 1.86 bits per heavy atom. The van der Waals surface area contributed by atoms with Crippen LogP contribution in [0.4, 0.5) is 0 Å². The number of rotatable bonds is 2. The van der Waals surface area contributed by atoms with Crippen LogP contribution in [0.3, 0.4) is 0 Å². The Bertz CT molecular complexity index is 88.8. The standard InChI is InChI=1S/C6H7O/c1-3-6(2)4-5-7/h1,6H,4H2,2H3. The van der Waals surface area contributed by atoms with Crippen molar-refractivity contribution in [1.29, 1.82) is 0 Å². The minimum atomic E-state index is 0.0532. The summed E-state index contributed by atoms with van der Waals surface area (Å²) in [6.45, 7) is 1.81.